The maximum Gasteiger partial charge on any atom is 0.130 e. The summed E-state index contributed by atoms with van der Waals surface area (Å²) in [7, 11) is 0. The van der Waals surface area contributed by atoms with Crippen molar-refractivity contribution in [2.24, 2.45) is 4.99 Å². The Kier molecular flexibility index (Phi) is 2.47. The number of benzene rings is 2. The molecule has 0 saturated carbocycles. The zero-order valence-corrected chi connectivity index (χ0v) is 9.30. The number of fused-ring (bicyclic) bond motifs is 1. The van der Waals surface area contributed by atoms with Gasteiger partial charge in [-0.2, -0.15) is 0 Å². The predicted octanol–water partition coefficient (Wildman–Crippen LogP) is 3.53. The molecule has 0 radical (unpaired) electrons. The SMILES string of the molecule is C1=NC(=Cc2ccccc2)Nc2ccccc21. The minimum absolute atomic E-state index is 0.870. The molecule has 17 heavy (non-hydrogen) atoms. The first-order valence-corrected chi connectivity index (χ1v) is 5.59. The zero-order valence-electron chi connectivity index (χ0n) is 9.30. The summed E-state index contributed by atoms with van der Waals surface area (Å²) >= 11 is 0. The van der Waals surface area contributed by atoms with Crippen molar-refractivity contribution >= 4 is 18.0 Å². The molecule has 1 heterocycles. The van der Waals surface area contributed by atoms with Gasteiger partial charge in [-0.05, 0) is 17.7 Å². The summed E-state index contributed by atoms with van der Waals surface area (Å²) in [6.07, 6.45) is 3.92. The maximum atomic E-state index is 4.39. The molecule has 0 aliphatic carbocycles. The molecule has 1 N–H and O–H groups in total. The monoisotopic (exact) mass is 220 g/mol. The minimum Gasteiger partial charge on any atom is -0.340 e. The van der Waals surface area contributed by atoms with E-state index in [-0.39, 0.29) is 0 Å². The summed E-state index contributed by atoms with van der Waals surface area (Å²) in [5.74, 6) is 0.870. The van der Waals surface area contributed by atoms with Crippen LogP contribution in [0, 0.1) is 0 Å². The molecule has 0 aromatic heterocycles. The van der Waals surface area contributed by atoms with Crippen LogP contribution in [0.3, 0.4) is 0 Å². The average Bonchev–Trinajstić information content (AvgIpc) is 2.40. The van der Waals surface area contributed by atoms with Gasteiger partial charge in [0.15, 0.2) is 0 Å². The van der Waals surface area contributed by atoms with Crippen molar-refractivity contribution in [3.8, 4) is 0 Å². The van der Waals surface area contributed by atoms with E-state index in [1.54, 1.807) is 0 Å². The molecule has 0 spiro atoms. The number of hydrogen-bond acceptors (Lipinski definition) is 2. The molecular weight excluding hydrogens is 208 g/mol. The van der Waals surface area contributed by atoms with Crippen LogP contribution in [0.4, 0.5) is 5.69 Å². The van der Waals surface area contributed by atoms with Crippen molar-refractivity contribution in [1.82, 2.24) is 0 Å². The van der Waals surface area contributed by atoms with Crippen LogP contribution in [0.15, 0.2) is 65.4 Å². The van der Waals surface area contributed by atoms with Crippen molar-refractivity contribution in [2.75, 3.05) is 5.32 Å². The molecule has 1 aliphatic rings. The molecule has 3 rings (SSSR count). The van der Waals surface area contributed by atoms with Gasteiger partial charge >= 0.3 is 0 Å². The fourth-order valence-corrected chi connectivity index (χ4v) is 1.81. The third-order valence-electron chi connectivity index (χ3n) is 2.67. The molecule has 0 unspecified atom stereocenters. The van der Waals surface area contributed by atoms with Crippen LogP contribution in [0.2, 0.25) is 0 Å². The van der Waals surface area contributed by atoms with E-state index in [4.69, 9.17) is 0 Å². The van der Waals surface area contributed by atoms with E-state index in [2.05, 4.69) is 28.5 Å². The first-order chi connectivity index (χ1) is 8.42. The van der Waals surface area contributed by atoms with E-state index in [1.807, 2.05) is 48.7 Å². The summed E-state index contributed by atoms with van der Waals surface area (Å²) in [6, 6.07) is 18.3. The van der Waals surface area contributed by atoms with Gasteiger partial charge in [-0.25, -0.2) is 4.99 Å². The molecule has 0 saturated heterocycles. The Morgan fingerprint density at radius 1 is 0.882 bits per heavy atom. The number of anilines is 1. The normalized spacial score (nSPS) is 15.4. The lowest BCUT2D eigenvalue weighted by molar-refractivity contribution is 1.30. The maximum absolute atomic E-state index is 4.39. The van der Waals surface area contributed by atoms with E-state index < -0.39 is 0 Å². The quantitative estimate of drug-likeness (QED) is 0.781. The summed E-state index contributed by atoms with van der Waals surface area (Å²) in [5.41, 5.74) is 3.37. The molecule has 0 amide bonds. The average molecular weight is 220 g/mol. The van der Waals surface area contributed by atoms with Gasteiger partial charge in [0.05, 0.1) is 0 Å². The molecule has 1 aliphatic heterocycles. The Bertz CT molecular complexity index is 583. The van der Waals surface area contributed by atoms with Gasteiger partial charge in [0.1, 0.15) is 5.82 Å². The molecule has 82 valence electrons. The van der Waals surface area contributed by atoms with Crippen molar-refractivity contribution in [3.05, 3.63) is 71.5 Å². The number of nitrogens with zero attached hydrogens (tertiary/aromatic N) is 1. The lowest BCUT2D eigenvalue weighted by Gasteiger charge is -2.14. The summed E-state index contributed by atoms with van der Waals surface area (Å²) < 4.78 is 0. The number of rotatable bonds is 1. The lowest BCUT2D eigenvalue weighted by atomic mass is 10.1. The largest absolute Gasteiger partial charge is 0.340 e. The van der Waals surface area contributed by atoms with Crippen molar-refractivity contribution in [3.63, 3.8) is 0 Å². The van der Waals surface area contributed by atoms with Crippen molar-refractivity contribution in [1.29, 1.82) is 0 Å². The van der Waals surface area contributed by atoms with Gasteiger partial charge in [-0.3, -0.25) is 0 Å². The van der Waals surface area contributed by atoms with Gasteiger partial charge in [0.25, 0.3) is 0 Å². The van der Waals surface area contributed by atoms with Crippen LogP contribution in [0.25, 0.3) is 6.08 Å². The number of nitrogens with one attached hydrogen (secondary N) is 1. The van der Waals surface area contributed by atoms with Crippen LogP contribution in [0.1, 0.15) is 11.1 Å². The molecule has 2 heteroatoms. The van der Waals surface area contributed by atoms with E-state index in [9.17, 15) is 0 Å². The Hall–Kier alpha value is -2.35. The summed E-state index contributed by atoms with van der Waals surface area (Å²) in [4.78, 5) is 4.39. The lowest BCUT2D eigenvalue weighted by Crippen LogP contribution is -2.05. The van der Waals surface area contributed by atoms with Crippen molar-refractivity contribution in [2.45, 2.75) is 0 Å². The Morgan fingerprint density at radius 3 is 2.53 bits per heavy atom. The topological polar surface area (TPSA) is 24.4 Å². The molecule has 2 aromatic rings. The molecule has 2 aromatic carbocycles. The number of hydrogen-bond donors (Lipinski definition) is 1. The minimum atomic E-state index is 0.870. The zero-order chi connectivity index (χ0) is 11.5. The number of para-hydroxylation sites is 1. The third-order valence-corrected chi connectivity index (χ3v) is 2.67. The van der Waals surface area contributed by atoms with Gasteiger partial charge in [-0.1, -0.05) is 48.5 Å². The summed E-state index contributed by atoms with van der Waals surface area (Å²) in [5, 5.41) is 3.31. The second-order valence-electron chi connectivity index (χ2n) is 3.91. The first-order valence-electron chi connectivity index (χ1n) is 5.59. The third kappa shape index (κ3) is 2.11. The fourth-order valence-electron chi connectivity index (χ4n) is 1.81. The highest BCUT2D eigenvalue weighted by Gasteiger charge is 2.06. The van der Waals surface area contributed by atoms with Crippen LogP contribution in [-0.4, -0.2) is 6.21 Å². The Morgan fingerprint density at radius 2 is 1.65 bits per heavy atom. The van der Waals surface area contributed by atoms with E-state index >= 15 is 0 Å². The van der Waals surface area contributed by atoms with Crippen LogP contribution in [-0.2, 0) is 0 Å². The molecule has 2 nitrogen and oxygen atoms in total. The first kappa shape index (κ1) is 9.85. The second kappa shape index (κ2) is 4.26. The van der Waals surface area contributed by atoms with E-state index in [0.717, 1.165) is 22.6 Å². The highest BCUT2D eigenvalue weighted by Crippen LogP contribution is 2.21. The van der Waals surface area contributed by atoms with Gasteiger partial charge in [0.2, 0.25) is 0 Å². The van der Waals surface area contributed by atoms with E-state index in [1.165, 1.54) is 0 Å². The Balaban J connectivity index is 1.93. The molecule has 0 bridgehead atoms. The van der Waals surface area contributed by atoms with Crippen molar-refractivity contribution < 1.29 is 0 Å². The number of aliphatic imine (C=N–C) groups is 1. The van der Waals surface area contributed by atoms with Crippen LogP contribution < -0.4 is 5.32 Å². The Labute approximate surface area is 100 Å². The highest BCUT2D eigenvalue weighted by molar-refractivity contribution is 5.92. The second-order valence-corrected chi connectivity index (χ2v) is 3.91. The highest BCUT2D eigenvalue weighted by atomic mass is 15.1. The van der Waals surface area contributed by atoms with Crippen LogP contribution >= 0.6 is 0 Å². The smallest absolute Gasteiger partial charge is 0.130 e. The summed E-state index contributed by atoms with van der Waals surface area (Å²) in [6.45, 7) is 0. The standard InChI is InChI=1S/C15H12N2/c1-2-6-12(7-3-1)10-15-16-11-13-8-4-5-9-14(13)17-15/h1-11,17H. The van der Waals surface area contributed by atoms with Gasteiger partial charge in [0, 0.05) is 17.5 Å². The molecular formula is C15H12N2. The van der Waals surface area contributed by atoms with Crippen LogP contribution in [0.5, 0.6) is 0 Å². The molecule has 0 atom stereocenters. The van der Waals surface area contributed by atoms with Gasteiger partial charge < -0.3 is 5.32 Å². The predicted molar refractivity (Wildman–Crippen MR) is 72.1 cm³/mol. The molecule has 0 fully saturated rings. The van der Waals surface area contributed by atoms with E-state index in [0.29, 0.717) is 0 Å². The fraction of sp³-hybridized carbons (Fsp3) is 0. The van der Waals surface area contributed by atoms with Gasteiger partial charge in [-0.15, -0.1) is 0 Å².